The van der Waals surface area contributed by atoms with Crippen LogP contribution in [0.1, 0.15) is 25.5 Å². The predicted molar refractivity (Wildman–Crippen MR) is 85.8 cm³/mol. The van der Waals surface area contributed by atoms with Crippen LogP contribution in [-0.2, 0) is 6.42 Å². The molecule has 0 aliphatic heterocycles. The zero-order valence-corrected chi connectivity index (χ0v) is 12.9. The van der Waals surface area contributed by atoms with Crippen molar-refractivity contribution < 1.29 is 4.74 Å². The van der Waals surface area contributed by atoms with Gasteiger partial charge in [0.2, 0.25) is 0 Å². The summed E-state index contributed by atoms with van der Waals surface area (Å²) in [6.45, 7) is 2.88. The minimum Gasteiger partial charge on any atom is -0.494 e. The molecule has 0 atom stereocenters. The van der Waals surface area contributed by atoms with Gasteiger partial charge in [-0.3, -0.25) is 4.98 Å². The van der Waals surface area contributed by atoms with E-state index in [4.69, 9.17) is 10.00 Å². The van der Waals surface area contributed by atoms with Crippen LogP contribution in [0.4, 0.5) is 5.69 Å². The first-order chi connectivity index (χ1) is 10.2. The van der Waals surface area contributed by atoms with Gasteiger partial charge in [-0.05, 0) is 30.7 Å². The topological polar surface area (TPSA) is 49.1 Å². The molecular formula is C17H21N3O. The Morgan fingerprint density at radius 3 is 2.76 bits per heavy atom. The summed E-state index contributed by atoms with van der Waals surface area (Å²) in [5, 5.41) is 9.91. The van der Waals surface area contributed by atoms with E-state index >= 15 is 0 Å². The van der Waals surface area contributed by atoms with Crippen LogP contribution < -0.4 is 9.64 Å². The van der Waals surface area contributed by atoms with E-state index in [0.717, 1.165) is 47.5 Å². The number of unbranched alkanes of at least 4 members (excludes halogenated alkanes) is 1. The molecule has 0 amide bonds. The zero-order chi connectivity index (χ0) is 15.2. The van der Waals surface area contributed by atoms with E-state index in [1.54, 1.807) is 0 Å². The highest BCUT2D eigenvalue weighted by Gasteiger charge is 2.09. The third-order valence-electron chi connectivity index (χ3n) is 3.32. The van der Waals surface area contributed by atoms with Gasteiger partial charge in [-0.15, -0.1) is 0 Å². The van der Waals surface area contributed by atoms with Crippen molar-refractivity contribution >= 4 is 16.6 Å². The molecule has 0 saturated heterocycles. The molecule has 0 bridgehead atoms. The lowest BCUT2D eigenvalue weighted by Crippen LogP contribution is -2.10. The Kier molecular flexibility index (Phi) is 4.99. The Labute approximate surface area is 126 Å². The summed E-state index contributed by atoms with van der Waals surface area (Å²) in [7, 11) is 3.99. The largest absolute Gasteiger partial charge is 0.494 e. The Morgan fingerprint density at radius 2 is 2.10 bits per heavy atom. The molecule has 1 aromatic carbocycles. The normalized spacial score (nSPS) is 10.4. The number of nitrogens with zero attached hydrogens (tertiary/aromatic N) is 3. The fourth-order valence-corrected chi connectivity index (χ4v) is 2.21. The second kappa shape index (κ2) is 6.94. The number of benzene rings is 1. The number of rotatable bonds is 6. The molecule has 21 heavy (non-hydrogen) atoms. The maximum Gasteiger partial charge on any atom is 0.120 e. The number of hydrogen-bond acceptors (Lipinski definition) is 4. The van der Waals surface area contributed by atoms with E-state index < -0.39 is 0 Å². The van der Waals surface area contributed by atoms with Gasteiger partial charge >= 0.3 is 0 Å². The molecule has 0 fully saturated rings. The smallest absolute Gasteiger partial charge is 0.120 e. The summed E-state index contributed by atoms with van der Waals surface area (Å²) in [5.41, 5.74) is 2.76. The highest BCUT2D eigenvalue weighted by molar-refractivity contribution is 5.92. The first kappa shape index (κ1) is 15.1. The van der Waals surface area contributed by atoms with E-state index in [1.807, 2.05) is 43.3 Å². The average Bonchev–Trinajstić information content (AvgIpc) is 2.47. The van der Waals surface area contributed by atoms with Gasteiger partial charge < -0.3 is 9.64 Å². The Bertz CT molecular complexity index is 659. The monoisotopic (exact) mass is 283 g/mol. The van der Waals surface area contributed by atoms with Crippen LogP contribution in [0, 0.1) is 11.3 Å². The standard InChI is InChI=1S/C17H21N3O/c1-4-5-10-21-14-6-7-16-15(12-14)17(20(2)3)11-13(19-16)8-9-18/h6-7,11-12H,4-5,8,10H2,1-3H3. The van der Waals surface area contributed by atoms with Gasteiger partial charge in [0, 0.05) is 25.2 Å². The molecule has 0 N–H and O–H groups in total. The van der Waals surface area contributed by atoms with Crippen LogP contribution in [0.25, 0.3) is 10.9 Å². The first-order valence-electron chi connectivity index (χ1n) is 7.26. The van der Waals surface area contributed by atoms with E-state index in [2.05, 4.69) is 18.0 Å². The number of anilines is 1. The maximum absolute atomic E-state index is 8.86. The highest BCUT2D eigenvalue weighted by Crippen LogP contribution is 2.29. The van der Waals surface area contributed by atoms with Crippen molar-refractivity contribution in [1.29, 1.82) is 5.26 Å². The molecule has 0 unspecified atom stereocenters. The van der Waals surface area contributed by atoms with Crippen LogP contribution in [0.15, 0.2) is 24.3 Å². The summed E-state index contributed by atoms with van der Waals surface area (Å²) >= 11 is 0. The molecule has 110 valence electrons. The van der Waals surface area contributed by atoms with Crippen molar-refractivity contribution in [3.63, 3.8) is 0 Å². The average molecular weight is 283 g/mol. The van der Waals surface area contributed by atoms with Gasteiger partial charge in [0.1, 0.15) is 5.75 Å². The number of ether oxygens (including phenoxy) is 1. The summed E-state index contributed by atoms with van der Waals surface area (Å²) in [5.74, 6) is 0.869. The van der Waals surface area contributed by atoms with Crippen molar-refractivity contribution in [1.82, 2.24) is 4.98 Å². The molecule has 2 aromatic rings. The van der Waals surface area contributed by atoms with Crippen LogP contribution >= 0.6 is 0 Å². The third kappa shape index (κ3) is 3.63. The summed E-state index contributed by atoms with van der Waals surface area (Å²) in [4.78, 5) is 6.58. The zero-order valence-electron chi connectivity index (χ0n) is 12.9. The van der Waals surface area contributed by atoms with Crippen molar-refractivity contribution in [2.75, 3.05) is 25.6 Å². The van der Waals surface area contributed by atoms with Crippen molar-refractivity contribution in [3.05, 3.63) is 30.0 Å². The van der Waals surface area contributed by atoms with Crippen molar-refractivity contribution in [2.24, 2.45) is 0 Å². The number of fused-ring (bicyclic) bond motifs is 1. The van der Waals surface area contributed by atoms with E-state index in [0.29, 0.717) is 6.42 Å². The maximum atomic E-state index is 8.86. The fourth-order valence-electron chi connectivity index (χ4n) is 2.21. The van der Waals surface area contributed by atoms with E-state index in [1.165, 1.54) is 0 Å². The molecule has 0 aliphatic rings. The molecule has 1 aromatic heterocycles. The predicted octanol–water partition coefficient (Wildman–Crippen LogP) is 3.55. The Hall–Kier alpha value is -2.28. The minimum atomic E-state index is 0.325. The molecule has 0 radical (unpaired) electrons. The van der Waals surface area contributed by atoms with Crippen LogP contribution in [-0.4, -0.2) is 25.7 Å². The van der Waals surface area contributed by atoms with Crippen LogP contribution in [0.5, 0.6) is 5.75 Å². The second-order valence-corrected chi connectivity index (χ2v) is 5.24. The molecule has 1 heterocycles. The molecular weight excluding hydrogens is 262 g/mol. The van der Waals surface area contributed by atoms with E-state index in [-0.39, 0.29) is 0 Å². The first-order valence-corrected chi connectivity index (χ1v) is 7.26. The second-order valence-electron chi connectivity index (χ2n) is 5.24. The molecule has 0 saturated carbocycles. The Balaban J connectivity index is 2.42. The number of hydrogen-bond donors (Lipinski definition) is 0. The van der Waals surface area contributed by atoms with Gasteiger partial charge in [-0.25, -0.2) is 0 Å². The fraction of sp³-hybridized carbons (Fsp3) is 0.412. The number of aromatic nitrogens is 1. The van der Waals surface area contributed by atoms with Gasteiger partial charge in [0.05, 0.1) is 30.3 Å². The molecule has 4 nitrogen and oxygen atoms in total. The SMILES string of the molecule is CCCCOc1ccc2nc(CC#N)cc(N(C)C)c2c1. The van der Waals surface area contributed by atoms with Crippen LogP contribution in [0.2, 0.25) is 0 Å². The Morgan fingerprint density at radius 1 is 1.29 bits per heavy atom. The van der Waals surface area contributed by atoms with Crippen molar-refractivity contribution in [3.8, 4) is 11.8 Å². The van der Waals surface area contributed by atoms with Crippen molar-refractivity contribution in [2.45, 2.75) is 26.2 Å². The van der Waals surface area contributed by atoms with Gasteiger partial charge in [-0.1, -0.05) is 13.3 Å². The summed E-state index contributed by atoms with van der Waals surface area (Å²) in [6, 6.07) is 10.1. The number of nitriles is 1. The van der Waals surface area contributed by atoms with E-state index in [9.17, 15) is 0 Å². The minimum absolute atomic E-state index is 0.325. The summed E-state index contributed by atoms with van der Waals surface area (Å²) in [6.07, 6.45) is 2.50. The molecule has 0 aliphatic carbocycles. The molecule has 2 rings (SSSR count). The van der Waals surface area contributed by atoms with Gasteiger partial charge in [0.25, 0.3) is 0 Å². The highest BCUT2D eigenvalue weighted by atomic mass is 16.5. The van der Waals surface area contributed by atoms with Crippen LogP contribution in [0.3, 0.4) is 0 Å². The third-order valence-corrected chi connectivity index (χ3v) is 3.32. The quantitative estimate of drug-likeness (QED) is 0.761. The lowest BCUT2D eigenvalue weighted by molar-refractivity contribution is 0.310. The lowest BCUT2D eigenvalue weighted by atomic mass is 10.1. The lowest BCUT2D eigenvalue weighted by Gasteiger charge is -2.17. The molecule has 4 heteroatoms. The summed E-state index contributed by atoms with van der Waals surface area (Å²) < 4.78 is 5.77. The number of pyridine rings is 1. The molecule has 0 spiro atoms. The van der Waals surface area contributed by atoms with Gasteiger partial charge in [-0.2, -0.15) is 5.26 Å². The van der Waals surface area contributed by atoms with Gasteiger partial charge in [0.15, 0.2) is 0 Å².